The van der Waals surface area contributed by atoms with Gasteiger partial charge in [0.05, 0.1) is 24.4 Å². The van der Waals surface area contributed by atoms with E-state index in [2.05, 4.69) is 30.8 Å². The quantitative estimate of drug-likeness (QED) is 0.710. The summed E-state index contributed by atoms with van der Waals surface area (Å²) in [4.78, 5) is 0. The second kappa shape index (κ2) is 8.22. The standard InChI is InChI=1S/C22H34O4/c1-8-9-18(23)15(2)19-20(26-22(6,7)25-19)17-12-10-16(11-13-17)14-24-21(3,4)5/h8,10-13,15,18-20,23H,1,9,14H2,2-7H3/t15-,18-,19+,20+/m0/s1. The first-order valence-electron chi connectivity index (χ1n) is 9.40. The maximum absolute atomic E-state index is 10.4. The molecule has 0 radical (unpaired) electrons. The van der Waals surface area contributed by atoms with E-state index in [1.54, 1.807) is 6.08 Å². The van der Waals surface area contributed by atoms with Crippen molar-refractivity contribution in [2.24, 2.45) is 5.92 Å². The third kappa shape index (κ3) is 5.65. The molecule has 146 valence electrons. The first kappa shape index (κ1) is 21.1. The Bertz CT molecular complexity index is 585. The SMILES string of the molecule is C=CC[C@H](O)[C@H](C)[C@H]1OC(C)(C)O[C@@H]1c1ccc(COC(C)(C)C)cc1. The molecule has 4 nitrogen and oxygen atoms in total. The Balaban J connectivity index is 2.14. The molecule has 1 N–H and O–H groups in total. The van der Waals surface area contributed by atoms with Gasteiger partial charge < -0.3 is 19.3 Å². The Morgan fingerprint density at radius 3 is 2.38 bits per heavy atom. The molecule has 0 aliphatic carbocycles. The fraction of sp³-hybridized carbons (Fsp3) is 0.636. The van der Waals surface area contributed by atoms with Crippen LogP contribution in [0.25, 0.3) is 0 Å². The van der Waals surface area contributed by atoms with Crippen molar-refractivity contribution in [3.05, 3.63) is 48.0 Å². The van der Waals surface area contributed by atoms with Crippen LogP contribution in [0.2, 0.25) is 0 Å². The Kier molecular flexibility index (Phi) is 6.67. The molecule has 1 fully saturated rings. The molecule has 0 amide bonds. The summed E-state index contributed by atoms with van der Waals surface area (Å²) in [7, 11) is 0. The van der Waals surface area contributed by atoms with Gasteiger partial charge in [-0.1, -0.05) is 37.3 Å². The fourth-order valence-corrected chi connectivity index (χ4v) is 3.14. The Labute approximate surface area is 158 Å². The van der Waals surface area contributed by atoms with Crippen LogP contribution in [0.3, 0.4) is 0 Å². The van der Waals surface area contributed by atoms with Gasteiger partial charge in [-0.2, -0.15) is 0 Å². The molecule has 1 aliphatic heterocycles. The van der Waals surface area contributed by atoms with Gasteiger partial charge >= 0.3 is 0 Å². The van der Waals surface area contributed by atoms with Crippen molar-refractivity contribution >= 4 is 0 Å². The number of aliphatic hydroxyl groups excluding tert-OH is 1. The lowest BCUT2D eigenvalue weighted by molar-refractivity contribution is -0.153. The van der Waals surface area contributed by atoms with Gasteiger partial charge in [-0.15, -0.1) is 6.58 Å². The van der Waals surface area contributed by atoms with E-state index < -0.39 is 11.9 Å². The molecule has 4 atom stereocenters. The molecule has 0 bridgehead atoms. The average Bonchev–Trinajstić information content (AvgIpc) is 2.88. The van der Waals surface area contributed by atoms with Crippen LogP contribution < -0.4 is 0 Å². The third-order valence-electron chi connectivity index (χ3n) is 4.64. The normalized spacial score (nSPS) is 25.0. The third-order valence-corrected chi connectivity index (χ3v) is 4.64. The highest BCUT2D eigenvalue weighted by Crippen LogP contribution is 2.42. The van der Waals surface area contributed by atoms with E-state index in [1.165, 1.54) is 0 Å². The van der Waals surface area contributed by atoms with E-state index in [9.17, 15) is 5.11 Å². The molecule has 1 aromatic carbocycles. The van der Waals surface area contributed by atoms with Crippen LogP contribution in [0.1, 0.15) is 65.2 Å². The van der Waals surface area contributed by atoms with E-state index in [-0.39, 0.29) is 23.7 Å². The molecule has 2 rings (SSSR count). The Hall–Kier alpha value is -1.20. The number of ether oxygens (including phenoxy) is 3. The summed E-state index contributed by atoms with van der Waals surface area (Å²) in [5, 5.41) is 10.4. The lowest BCUT2D eigenvalue weighted by Gasteiger charge is -2.27. The maximum Gasteiger partial charge on any atom is 0.164 e. The van der Waals surface area contributed by atoms with Gasteiger partial charge in [0.2, 0.25) is 0 Å². The van der Waals surface area contributed by atoms with Crippen molar-refractivity contribution in [1.29, 1.82) is 0 Å². The van der Waals surface area contributed by atoms with Crippen LogP contribution >= 0.6 is 0 Å². The van der Waals surface area contributed by atoms with Crippen LogP contribution in [-0.2, 0) is 20.8 Å². The summed E-state index contributed by atoms with van der Waals surface area (Å²) < 4.78 is 18.1. The van der Waals surface area contributed by atoms with Gasteiger partial charge in [0.25, 0.3) is 0 Å². The zero-order valence-electron chi connectivity index (χ0n) is 17.0. The van der Waals surface area contributed by atoms with Crippen LogP contribution in [0.5, 0.6) is 0 Å². The van der Waals surface area contributed by atoms with Crippen LogP contribution in [-0.4, -0.2) is 28.7 Å². The largest absolute Gasteiger partial charge is 0.392 e. The second-order valence-corrected chi connectivity index (χ2v) is 8.61. The number of rotatable bonds is 7. The average molecular weight is 363 g/mol. The molecule has 0 unspecified atom stereocenters. The van der Waals surface area contributed by atoms with Crippen LogP contribution in [0, 0.1) is 5.92 Å². The highest BCUT2D eigenvalue weighted by molar-refractivity contribution is 5.25. The van der Waals surface area contributed by atoms with Gasteiger partial charge in [-0.05, 0) is 52.2 Å². The lowest BCUT2D eigenvalue weighted by atomic mass is 9.89. The van der Waals surface area contributed by atoms with Crippen LogP contribution in [0.15, 0.2) is 36.9 Å². The van der Waals surface area contributed by atoms with Crippen molar-refractivity contribution in [2.75, 3.05) is 0 Å². The van der Waals surface area contributed by atoms with Gasteiger partial charge in [-0.3, -0.25) is 0 Å². The summed E-state index contributed by atoms with van der Waals surface area (Å²) in [6.07, 6.45) is 1.35. The number of hydrogen-bond donors (Lipinski definition) is 1. The fourth-order valence-electron chi connectivity index (χ4n) is 3.14. The molecule has 1 aliphatic rings. The Morgan fingerprint density at radius 1 is 1.23 bits per heavy atom. The van der Waals surface area contributed by atoms with Crippen molar-refractivity contribution in [3.8, 4) is 0 Å². The molecule has 1 aromatic rings. The van der Waals surface area contributed by atoms with Crippen molar-refractivity contribution in [3.63, 3.8) is 0 Å². The highest BCUT2D eigenvalue weighted by Gasteiger charge is 2.45. The molecular weight excluding hydrogens is 328 g/mol. The number of hydrogen-bond acceptors (Lipinski definition) is 4. The second-order valence-electron chi connectivity index (χ2n) is 8.61. The zero-order valence-corrected chi connectivity index (χ0v) is 17.0. The minimum Gasteiger partial charge on any atom is -0.392 e. The number of benzene rings is 1. The Morgan fingerprint density at radius 2 is 1.85 bits per heavy atom. The highest BCUT2D eigenvalue weighted by atomic mass is 16.8. The molecule has 26 heavy (non-hydrogen) atoms. The number of aliphatic hydroxyl groups is 1. The van der Waals surface area contributed by atoms with Crippen LogP contribution in [0.4, 0.5) is 0 Å². The summed E-state index contributed by atoms with van der Waals surface area (Å²) >= 11 is 0. The van der Waals surface area contributed by atoms with E-state index in [0.29, 0.717) is 13.0 Å². The molecule has 0 spiro atoms. The molecule has 1 heterocycles. The van der Waals surface area contributed by atoms with Gasteiger partial charge in [0.15, 0.2) is 5.79 Å². The van der Waals surface area contributed by atoms with E-state index in [0.717, 1.165) is 11.1 Å². The topological polar surface area (TPSA) is 47.9 Å². The summed E-state index contributed by atoms with van der Waals surface area (Å²) in [5.41, 5.74) is 2.02. The van der Waals surface area contributed by atoms with Crippen molar-refractivity contribution in [2.45, 2.75) is 84.3 Å². The predicted octanol–water partition coefficient (Wildman–Crippen LogP) is 4.77. The minimum atomic E-state index is -0.675. The molecule has 1 saturated heterocycles. The lowest BCUT2D eigenvalue weighted by Crippen LogP contribution is -2.33. The smallest absolute Gasteiger partial charge is 0.164 e. The predicted molar refractivity (Wildman–Crippen MR) is 104 cm³/mol. The van der Waals surface area contributed by atoms with E-state index >= 15 is 0 Å². The first-order chi connectivity index (χ1) is 12.0. The molecular formula is C22H34O4. The zero-order chi connectivity index (χ0) is 19.5. The first-order valence-corrected chi connectivity index (χ1v) is 9.40. The summed E-state index contributed by atoms with van der Waals surface area (Å²) in [5.74, 6) is -0.741. The monoisotopic (exact) mass is 362 g/mol. The summed E-state index contributed by atoms with van der Waals surface area (Å²) in [6.45, 7) is 16.3. The summed E-state index contributed by atoms with van der Waals surface area (Å²) in [6, 6.07) is 8.27. The van der Waals surface area contributed by atoms with Gasteiger partial charge in [0, 0.05) is 5.92 Å². The van der Waals surface area contributed by atoms with E-state index in [1.807, 2.05) is 41.5 Å². The minimum absolute atomic E-state index is 0.0660. The van der Waals surface area contributed by atoms with E-state index in [4.69, 9.17) is 14.2 Å². The van der Waals surface area contributed by atoms with Crippen molar-refractivity contribution < 1.29 is 19.3 Å². The molecule has 0 aromatic heterocycles. The molecule has 0 saturated carbocycles. The molecule has 4 heteroatoms. The maximum atomic E-state index is 10.4. The van der Waals surface area contributed by atoms with Gasteiger partial charge in [0.1, 0.15) is 6.10 Å². The van der Waals surface area contributed by atoms with Crippen molar-refractivity contribution in [1.82, 2.24) is 0 Å². The van der Waals surface area contributed by atoms with Gasteiger partial charge in [-0.25, -0.2) is 0 Å².